The third-order valence-corrected chi connectivity index (χ3v) is 4.31. The van der Waals surface area contributed by atoms with Crippen molar-refractivity contribution in [3.05, 3.63) is 83.7 Å². The van der Waals surface area contributed by atoms with Gasteiger partial charge in [-0.3, -0.25) is 0 Å². The molecule has 3 rings (SSSR count). The Hall–Kier alpha value is -3.21. The molecule has 0 amide bonds. The molecule has 5 heteroatoms. The summed E-state index contributed by atoms with van der Waals surface area (Å²) in [6.45, 7) is 5.85. The molecular weight excluding hydrogens is 369 g/mol. The molecule has 0 fully saturated rings. The minimum atomic E-state index is -0.276. The predicted octanol–water partition coefficient (Wildman–Crippen LogP) is 5.81. The van der Waals surface area contributed by atoms with E-state index in [4.69, 9.17) is 14.2 Å². The molecule has 0 aromatic heterocycles. The van der Waals surface area contributed by atoms with E-state index in [1.165, 1.54) is 6.07 Å². The number of rotatable bonds is 10. The van der Waals surface area contributed by atoms with Crippen molar-refractivity contribution in [1.82, 2.24) is 0 Å². The molecule has 29 heavy (non-hydrogen) atoms. The average Bonchev–Trinajstić information content (AvgIpc) is 2.74. The van der Waals surface area contributed by atoms with Crippen molar-refractivity contribution in [3.63, 3.8) is 0 Å². The van der Waals surface area contributed by atoms with Gasteiger partial charge in [0.2, 0.25) is 0 Å². The number of benzene rings is 3. The van der Waals surface area contributed by atoms with Gasteiger partial charge in [0.15, 0.2) is 11.5 Å². The zero-order valence-electron chi connectivity index (χ0n) is 16.8. The van der Waals surface area contributed by atoms with Crippen LogP contribution in [0.2, 0.25) is 0 Å². The van der Waals surface area contributed by atoms with Crippen LogP contribution >= 0.6 is 0 Å². The number of halogens is 1. The summed E-state index contributed by atoms with van der Waals surface area (Å²) in [7, 11) is 0. The van der Waals surface area contributed by atoms with Gasteiger partial charge in [0.05, 0.1) is 13.2 Å². The van der Waals surface area contributed by atoms with Crippen LogP contribution in [-0.2, 0) is 13.2 Å². The lowest BCUT2D eigenvalue weighted by atomic mass is 10.2. The number of hydrogen-bond donors (Lipinski definition) is 1. The smallest absolute Gasteiger partial charge is 0.161 e. The first-order chi connectivity index (χ1) is 14.2. The Morgan fingerprint density at radius 1 is 0.793 bits per heavy atom. The van der Waals surface area contributed by atoms with Gasteiger partial charge in [0.25, 0.3) is 0 Å². The maximum atomic E-state index is 13.8. The molecule has 0 aliphatic heterocycles. The lowest BCUT2D eigenvalue weighted by Crippen LogP contribution is -2.04. The third-order valence-electron chi connectivity index (χ3n) is 4.31. The van der Waals surface area contributed by atoms with Crippen LogP contribution < -0.4 is 19.5 Å². The van der Waals surface area contributed by atoms with Crippen LogP contribution in [0.5, 0.6) is 17.2 Å². The van der Waals surface area contributed by atoms with Crippen LogP contribution in [-0.4, -0.2) is 13.2 Å². The van der Waals surface area contributed by atoms with E-state index in [0.717, 1.165) is 17.0 Å². The number of ether oxygens (including phenoxy) is 3. The van der Waals surface area contributed by atoms with Gasteiger partial charge in [-0.15, -0.1) is 0 Å². The van der Waals surface area contributed by atoms with Crippen molar-refractivity contribution in [2.24, 2.45) is 0 Å². The van der Waals surface area contributed by atoms with E-state index in [0.29, 0.717) is 36.8 Å². The first kappa shape index (κ1) is 20.5. The van der Waals surface area contributed by atoms with Crippen molar-refractivity contribution in [2.45, 2.75) is 27.0 Å². The van der Waals surface area contributed by atoms with Crippen LogP contribution in [0.4, 0.5) is 10.1 Å². The van der Waals surface area contributed by atoms with Crippen LogP contribution in [0.25, 0.3) is 0 Å². The molecule has 0 bridgehead atoms. The number of anilines is 1. The molecule has 0 aliphatic rings. The Morgan fingerprint density at radius 2 is 1.55 bits per heavy atom. The maximum Gasteiger partial charge on any atom is 0.161 e. The molecule has 0 saturated heterocycles. The topological polar surface area (TPSA) is 39.7 Å². The van der Waals surface area contributed by atoms with Gasteiger partial charge >= 0.3 is 0 Å². The van der Waals surface area contributed by atoms with Gasteiger partial charge in [-0.1, -0.05) is 24.3 Å². The second-order valence-electron chi connectivity index (χ2n) is 6.41. The molecule has 0 unspecified atom stereocenters. The fourth-order valence-electron chi connectivity index (χ4n) is 2.86. The highest BCUT2D eigenvalue weighted by atomic mass is 19.1. The quantitative estimate of drug-likeness (QED) is 0.470. The molecule has 0 aliphatic carbocycles. The highest BCUT2D eigenvalue weighted by Gasteiger charge is 2.09. The SMILES string of the molecule is CCOc1ccc(NCc2ccc(OCc3ccccc3F)c(OCC)c2)cc1. The van der Waals surface area contributed by atoms with Gasteiger partial charge in [-0.2, -0.15) is 0 Å². The average molecular weight is 395 g/mol. The summed E-state index contributed by atoms with van der Waals surface area (Å²) in [6.07, 6.45) is 0. The van der Waals surface area contributed by atoms with Gasteiger partial charge < -0.3 is 19.5 Å². The van der Waals surface area contributed by atoms with E-state index >= 15 is 0 Å². The first-order valence-corrected chi connectivity index (χ1v) is 9.78. The summed E-state index contributed by atoms with van der Waals surface area (Å²) >= 11 is 0. The minimum absolute atomic E-state index is 0.149. The molecule has 0 heterocycles. The van der Waals surface area contributed by atoms with Crippen LogP contribution in [0.3, 0.4) is 0 Å². The van der Waals surface area contributed by atoms with Crippen molar-refractivity contribution in [1.29, 1.82) is 0 Å². The summed E-state index contributed by atoms with van der Waals surface area (Å²) in [6, 6.07) is 20.2. The highest BCUT2D eigenvalue weighted by molar-refractivity contribution is 5.48. The molecule has 3 aromatic rings. The lowest BCUT2D eigenvalue weighted by Gasteiger charge is -2.14. The van der Waals surface area contributed by atoms with Gasteiger partial charge in [0, 0.05) is 17.8 Å². The fraction of sp³-hybridized carbons (Fsp3) is 0.250. The summed E-state index contributed by atoms with van der Waals surface area (Å²) in [5.74, 6) is 1.82. The summed E-state index contributed by atoms with van der Waals surface area (Å²) in [5, 5.41) is 3.38. The fourth-order valence-corrected chi connectivity index (χ4v) is 2.86. The summed E-state index contributed by atoms with van der Waals surface area (Å²) < 4.78 is 30.8. The van der Waals surface area contributed by atoms with Gasteiger partial charge in [-0.25, -0.2) is 4.39 Å². The molecule has 152 valence electrons. The van der Waals surface area contributed by atoms with Crippen molar-refractivity contribution < 1.29 is 18.6 Å². The second kappa shape index (κ2) is 10.4. The van der Waals surface area contributed by atoms with Crippen molar-refractivity contribution in [2.75, 3.05) is 18.5 Å². The molecule has 0 atom stereocenters. The molecule has 4 nitrogen and oxygen atoms in total. The standard InChI is InChI=1S/C24H26FNO3/c1-3-27-21-12-10-20(11-13-21)26-16-18-9-14-23(24(15-18)28-4-2)29-17-19-7-5-6-8-22(19)25/h5-15,26H,3-4,16-17H2,1-2H3. The molecule has 0 spiro atoms. The second-order valence-corrected chi connectivity index (χ2v) is 6.41. The van der Waals surface area contributed by atoms with Crippen LogP contribution in [0.1, 0.15) is 25.0 Å². The van der Waals surface area contributed by atoms with Crippen molar-refractivity contribution in [3.8, 4) is 17.2 Å². The predicted molar refractivity (Wildman–Crippen MR) is 113 cm³/mol. The van der Waals surface area contributed by atoms with E-state index in [-0.39, 0.29) is 12.4 Å². The summed E-state index contributed by atoms with van der Waals surface area (Å²) in [4.78, 5) is 0. The number of hydrogen-bond acceptors (Lipinski definition) is 4. The highest BCUT2D eigenvalue weighted by Crippen LogP contribution is 2.30. The van der Waals surface area contributed by atoms with E-state index in [1.54, 1.807) is 18.2 Å². The molecule has 3 aromatic carbocycles. The van der Waals surface area contributed by atoms with E-state index in [1.807, 2.05) is 56.3 Å². The first-order valence-electron chi connectivity index (χ1n) is 9.78. The Kier molecular flexibility index (Phi) is 7.34. The molecular formula is C24H26FNO3. The molecule has 0 radical (unpaired) electrons. The molecule has 0 saturated carbocycles. The Labute approximate surface area is 171 Å². The molecule has 1 N–H and O–H groups in total. The number of nitrogens with one attached hydrogen (secondary N) is 1. The lowest BCUT2D eigenvalue weighted by molar-refractivity contribution is 0.265. The Bertz CT molecular complexity index is 912. The van der Waals surface area contributed by atoms with E-state index in [2.05, 4.69) is 5.32 Å². The monoisotopic (exact) mass is 395 g/mol. The normalized spacial score (nSPS) is 10.4. The van der Waals surface area contributed by atoms with Gasteiger partial charge in [-0.05, 0) is 61.9 Å². The Balaban J connectivity index is 1.64. The minimum Gasteiger partial charge on any atom is -0.494 e. The maximum absolute atomic E-state index is 13.8. The Morgan fingerprint density at radius 3 is 2.28 bits per heavy atom. The van der Waals surface area contributed by atoms with E-state index in [9.17, 15) is 4.39 Å². The zero-order chi connectivity index (χ0) is 20.5. The zero-order valence-corrected chi connectivity index (χ0v) is 16.8. The van der Waals surface area contributed by atoms with Gasteiger partial charge in [0.1, 0.15) is 18.2 Å². The van der Waals surface area contributed by atoms with Crippen LogP contribution in [0.15, 0.2) is 66.7 Å². The third kappa shape index (κ3) is 5.88. The largest absolute Gasteiger partial charge is 0.494 e. The summed E-state index contributed by atoms with van der Waals surface area (Å²) in [5.41, 5.74) is 2.57. The van der Waals surface area contributed by atoms with Crippen LogP contribution in [0, 0.1) is 5.82 Å². The van der Waals surface area contributed by atoms with E-state index < -0.39 is 0 Å². The van der Waals surface area contributed by atoms with Crippen molar-refractivity contribution >= 4 is 5.69 Å².